The standard InChI is InChI=1S/C14H18F2N2O/c1-9-5-13(16)11(6-12(9)15)14(19)18-8-10-3-2-4-17-7-10/h5-6,10,17H,2-4,7-8H2,1H3,(H,18,19)/t10-/m0/s1. The SMILES string of the molecule is Cc1cc(F)c(C(=O)NC[C@H]2CCCNC2)cc1F. The summed E-state index contributed by atoms with van der Waals surface area (Å²) in [6, 6.07) is 2.01. The van der Waals surface area contributed by atoms with E-state index in [0.29, 0.717) is 12.5 Å². The fraction of sp³-hybridized carbons (Fsp3) is 0.500. The zero-order chi connectivity index (χ0) is 13.8. The largest absolute Gasteiger partial charge is 0.352 e. The van der Waals surface area contributed by atoms with Crippen molar-refractivity contribution in [3.05, 3.63) is 34.9 Å². The van der Waals surface area contributed by atoms with Gasteiger partial charge >= 0.3 is 0 Å². The average molecular weight is 268 g/mol. The van der Waals surface area contributed by atoms with E-state index in [1.807, 2.05) is 0 Å². The second kappa shape index (κ2) is 6.10. The summed E-state index contributed by atoms with van der Waals surface area (Å²) < 4.78 is 27.0. The summed E-state index contributed by atoms with van der Waals surface area (Å²) in [5.74, 6) is -1.44. The highest BCUT2D eigenvalue weighted by atomic mass is 19.1. The van der Waals surface area contributed by atoms with Crippen LogP contribution in [0.25, 0.3) is 0 Å². The Morgan fingerprint density at radius 2 is 2.21 bits per heavy atom. The van der Waals surface area contributed by atoms with E-state index < -0.39 is 17.5 Å². The molecular formula is C14H18F2N2O. The Hall–Kier alpha value is -1.49. The van der Waals surface area contributed by atoms with Crippen molar-refractivity contribution in [1.82, 2.24) is 10.6 Å². The van der Waals surface area contributed by atoms with Gasteiger partial charge in [-0.2, -0.15) is 0 Å². The van der Waals surface area contributed by atoms with Gasteiger partial charge in [0.1, 0.15) is 11.6 Å². The fourth-order valence-corrected chi connectivity index (χ4v) is 2.25. The molecule has 3 nitrogen and oxygen atoms in total. The molecule has 1 fully saturated rings. The minimum absolute atomic E-state index is 0.200. The number of aryl methyl sites for hydroxylation is 1. The number of piperidine rings is 1. The molecule has 0 aromatic heterocycles. The molecule has 1 amide bonds. The highest BCUT2D eigenvalue weighted by molar-refractivity contribution is 5.94. The van der Waals surface area contributed by atoms with Crippen LogP contribution in [0, 0.1) is 24.5 Å². The lowest BCUT2D eigenvalue weighted by Gasteiger charge is -2.22. The second-order valence-corrected chi connectivity index (χ2v) is 5.00. The maximum absolute atomic E-state index is 13.6. The number of hydrogen-bond donors (Lipinski definition) is 2. The van der Waals surface area contributed by atoms with Gasteiger partial charge in [0.05, 0.1) is 5.56 Å². The van der Waals surface area contributed by atoms with Crippen LogP contribution in [-0.2, 0) is 0 Å². The average Bonchev–Trinajstić information content (AvgIpc) is 2.41. The van der Waals surface area contributed by atoms with Gasteiger partial charge in [0.15, 0.2) is 0 Å². The van der Waals surface area contributed by atoms with E-state index in [9.17, 15) is 13.6 Å². The van der Waals surface area contributed by atoms with Gasteiger partial charge in [-0.1, -0.05) is 0 Å². The Morgan fingerprint density at radius 1 is 1.42 bits per heavy atom. The van der Waals surface area contributed by atoms with E-state index in [2.05, 4.69) is 10.6 Å². The predicted molar refractivity (Wildman–Crippen MR) is 69.0 cm³/mol. The monoisotopic (exact) mass is 268 g/mol. The molecule has 0 bridgehead atoms. The summed E-state index contributed by atoms with van der Waals surface area (Å²) in [4.78, 5) is 11.8. The first-order valence-corrected chi connectivity index (χ1v) is 6.52. The number of amides is 1. The van der Waals surface area contributed by atoms with Crippen molar-refractivity contribution < 1.29 is 13.6 Å². The minimum Gasteiger partial charge on any atom is -0.352 e. The van der Waals surface area contributed by atoms with Gasteiger partial charge in [-0.05, 0) is 56.5 Å². The van der Waals surface area contributed by atoms with E-state index in [1.165, 1.54) is 6.92 Å². The topological polar surface area (TPSA) is 41.1 Å². The molecule has 0 unspecified atom stereocenters. The smallest absolute Gasteiger partial charge is 0.254 e. The van der Waals surface area contributed by atoms with Crippen LogP contribution in [0.4, 0.5) is 8.78 Å². The van der Waals surface area contributed by atoms with Gasteiger partial charge in [0, 0.05) is 6.54 Å². The summed E-state index contributed by atoms with van der Waals surface area (Å²) in [6.45, 7) is 3.81. The highest BCUT2D eigenvalue weighted by Crippen LogP contribution is 2.14. The van der Waals surface area contributed by atoms with Crippen LogP contribution < -0.4 is 10.6 Å². The number of benzene rings is 1. The zero-order valence-electron chi connectivity index (χ0n) is 10.9. The molecule has 0 aliphatic carbocycles. The highest BCUT2D eigenvalue weighted by Gasteiger charge is 2.17. The van der Waals surface area contributed by atoms with Gasteiger partial charge in [0.25, 0.3) is 5.91 Å². The van der Waals surface area contributed by atoms with Gasteiger partial charge < -0.3 is 10.6 Å². The second-order valence-electron chi connectivity index (χ2n) is 5.00. The molecule has 1 aliphatic rings. The molecule has 104 valence electrons. The summed E-state index contributed by atoms with van der Waals surface area (Å²) in [7, 11) is 0. The third-order valence-electron chi connectivity index (χ3n) is 3.44. The molecule has 0 radical (unpaired) electrons. The number of carbonyl (C=O) groups excluding carboxylic acids is 1. The first kappa shape index (κ1) is 13.9. The quantitative estimate of drug-likeness (QED) is 0.880. The van der Waals surface area contributed by atoms with Crippen LogP contribution >= 0.6 is 0 Å². The normalized spacial score (nSPS) is 19.2. The van der Waals surface area contributed by atoms with Crippen molar-refractivity contribution in [3.8, 4) is 0 Å². The van der Waals surface area contributed by atoms with Gasteiger partial charge in [-0.15, -0.1) is 0 Å². The number of rotatable bonds is 3. The summed E-state index contributed by atoms with van der Waals surface area (Å²) in [5.41, 5.74) is -0.0302. The summed E-state index contributed by atoms with van der Waals surface area (Å²) in [6.07, 6.45) is 2.12. The predicted octanol–water partition coefficient (Wildman–Crippen LogP) is 2.00. The van der Waals surface area contributed by atoms with Crippen LogP contribution in [0.5, 0.6) is 0 Å². The number of hydrogen-bond acceptors (Lipinski definition) is 2. The molecule has 1 saturated heterocycles. The Bertz CT molecular complexity index is 471. The molecule has 19 heavy (non-hydrogen) atoms. The summed E-state index contributed by atoms with van der Waals surface area (Å²) in [5, 5.41) is 5.91. The molecule has 1 aliphatic heterocycles. The Kier molecular flexibility index (Phi) is 4.47. The van der Waals surface area contributed by atoms with E-state index >= 15 is 0 Å². The molecule has 2 N–H and O–H groups in total. The van der Waals surface area contributed by atoms with Crippen LogP contribution in [0.1, 0.15) is 28.8 Å². The van der Waals surface area contributed by atoms with Crippen molar-refractivity contribution in [2.45, 2.75) is 19.8 Å². The van der Waals surface area contributed by atoms with Crippen molar-refractivity contribution in [2.24, 2.45) is 5.92 Å². The lowest BCUT2D eigenvalue weighted by atomic mass is 9.99. The molecular weight excluding hydrogens is 250 g/mol. The fourth-order valence-electron chi connectivity index (χ4n) is 2.25. The van der Waals surface area contributed by atoms with Crippen molar-refractivity contribution >= 4 is 5.91 Å². The first-order valence-electron chi connectivity index (χ1n) is 6.52. The molecule has 1 atom stereocenters. The van der Waals surface area contributed by atoms with Crippen LogP contribution in [0.2, 0.25) is 0 Å². The molecule has 1 aromatic carbocycles. The third-order valence-corrected chi connectivity index (χ3v) is 3.44. The van der Waals surface area contributed by atoms with Crippen LogP contribution in [-0.4, -0.2) is 25.5 Å². The lowest BCUT2D eigenvalue weighted by Crippen LogP contribution is -2.38. The Labute approximate surface area is 111 Å². The molecule has 0 saturated carbocycles. The Morgan fingerprint density at radius 3 is 2.89 bits per heavy atom. The molecule has 0 spiro atoms. The molecule has 1 aromatic rings. The van der Waals surface area contributed by atoms with Crippen molar-refractivity contribution in [3.63, 3.8) is 0 Å². The maximum atomic E-state index is 13.6. The van der Waals surface area contributed by atoms with Gasteiger partial charge in [-0.25, -0.2) is 8.78 Å². The van der Waals surface area contributed by atoms with Crippen LogP contribution in [0.15, 0.2) is 12.1 Å². The summed E-state index contributed by atoms with van der Waals surface area (Å²) >= 11 is 0. The Balaban J connectivity index is 1.97. The van der Waals surface area contributed by atoms with Crippen molar-refractivity contribution in [2.75, 3.05) is 19.6 Å². The van der Waals surface area contributed by atoms with E-state index in [4.69, 9.17) is 0 Å². The first-order chi connectivity index (χ1) is 9.08. The zero-order valence-corrected chi connectivity index (χ0v) is 10.9. The van der Waals surface area contributed by atoms with Gasteiger partial charge in [-0.3, -0.25) is 4.79 Å². The van der Waals surface area contributed by atoms with E-state index in [-0.39, 0.29) is 11.1 Å². The molecule has 2 rings (SSSR count). The number of carbonyl (C=O) groups is 1. The number of nitrogens with one attached hydrogen (secondary N) is 2. The minimum atomic E-state index is -0.682. The molecule has 1 heterocycles. The van der Waals surface area contributed by atoms with E-state index in [1.54, 1.807) is 0 Å². The van der Waals surface area contributed by atoms with Crippen molar-refractivity contribution in [1.29, 1.82) is 0 Å². The third kappa shape index (κ3) is 3.50. The van der Waals surface area contributed by atoms with Crippen LogP contribution in [0.3, 0.4) is 0 Å². The number of halogens is 2. The van der Waals surface area contributed by atoms with Gasteiger partial charge in [0.2, 0.25) is 0 Å². The lowest BCUT2D eigenvalue weighted by molar-refractivity contribution is 0.0940. The van der Waals surface area contributed by atoms with E-state index in [0.717, 1.165) is 38.1 Å². The maximum Gasteiger partial charge on any atom is 0.254 e. The molecule has 5 heteroatoms.